The van der Waals surface area contributed by atoms with E-state index in [2.05, 4.69) is 4.99 Å². The van der Waals surface area contributed by atoms with E-state index in [1.165, 1.54) is 18.2 Å². The van der Waals surface area contributed by atoms with Gasteiger partial charge in [0.15, 0.2) is 15.0 Å². The number of aliphatic imine (C=N–C) groups is 1. The molecule has 2 heterocycles. The number of carbonyl (C=O) groups excluding carboxylic acids is 1. The van der Waals surface area contributed by atoms with Crippen molar-refractivity contribution in [3.63, 3.8) is 0 Å². The van der Waals surface area contributed by atoms with Crippen molar-refractivity contribution in [2.75, 3.05) is 16.4 Å². The van der Waals surface area contributed by atoms with Crippen LogP contribution in [0.25, 0.3) is 0 Å². The summed E-state index contributed by atoms with van der Waals surface area (Å²) in [5.41, 5.74) is 0.835. The van der Waals surface area contributed by atoms with Gasteiger partial charge >= 0.3 is 0 Å². The van der Waals surface area contributed by atoms with Crippen molar-refractivity contribution in [2.45, 2.75) is 43.4 Å². The van der Waals surface area contributed by atoms with Crippen molar-refractivity contribution >= 4 is 50.0 Å². The maximum Gasteiger partial charge on any atom is 0.251 e. The van der Waals surface area contributed by atoms with E-state index in [-0.39, 0.29) is 34.6 Å². The van der Waals surface area contributed by atoms with Crippen LogP contribution >= 0.6 is 23.4 Å². The van der Waals surface area contributed by atoms with E-state index < -0.39 is 9.84 Å². The van der Waals surface area contributed by atoms with Gasteiger partial charge < -0.3 is 4.90 Å². The molecule has 8 heteroatoms. The maximum atomic E-state index is 12.7. The zero-order valence-electron chi connectivity index (χ0n) is 14.3. The number of fused-ring (bicyclic) bond motifs is 1. The van der Waals surface area contributed by atoms with Gasteiger partial charge in [-0.15, -0.1) is 0 Å². The Morgan fingerprint density at radius 2 is 1.81 bits per heavy atom. The van der Waals surface area contributed by atoms with Crippen LogP contribution in [-0.4, -0.2) is 42.3 Å². The summed E-state index contributed by atoms with van der Waals surface area (Å²) < 4.78 is 24.2. The predicted molar refractivity (Wildman–Crippen MR) is 107 cm³/mol. The second kappa shape index (κ2) is 7.17. The Balaban J connectivity index is 1.65. The Kier molecular flexibility index (Phi) is 5.05. The molecule has 2 atom stereocenters. The molecular weight excluding hydrogens is 392 g/mol. The maximum absolute atomic E-state index is 12.7. The minimum absolute atomic E-state index is 0.00749. The van der Waals surface area contributed by atoms with E-state index in [0.29, 0.717) is 10.2 Å². The average molecular weight is 413 g/mol. The lowest BCUT2D eigenvalue weighted by Gasteiger charge is -2.25. The van der Waals surface area contributed by atoms with Crippen LogP contribution in [0.4, 0.5) is 5.69 Å². The summed E-state index contributed by atoms with van der Waals surface area (Å²) in [5.74, 6) is 0.189. The van der Waals surface area contributed by atoms with Gasteiger partial charge in [-0.25, -0.2) is 8.42 Å². The number of amidine groups is 1. The second-order valence-electron chi connectivity index (χ2n) is 7.21. The van der Waals surface area contributed by atoms with Gasteiger partial charge in [-0.3, -0.25) is 4.79 Å². The number of nitrogens with zero attached hydrogens (tertiary/aromatic N) is 2. The van der Waals surface area contributed by atoms with E-state index in [1.807, 2.05) is 17.0 Å². The first-order valence-electron chi connectivity index (χ1n) is 8.97. The molecule has 0 spiro atoms. The van der Waals surface area contributed by atoms with Gasteiger partial charge in [0.1, 0.15) is 0 Å². The van der Waals surface area contributed by atoms with Crippen LogP contribution < -0.4 is 4.90 Å². The third kappa shape index (κ3) is 3.66. The fraction of sp³-hybridized carbons (Fsp3) is 0.556. The first kappa shape index (κ1) is 18.3. The van der Waals surface area contributed by atoms with Gasteiger partial charge in [-0.1, -0.05) is 42.6 Å². The molecule has 3 aliphatic rings. The van der Waals surface area contributed by atoms with Gasteiger partial charge in [0.05, 0.1) is 17.5 Å². The summed E-state index contributed by atoms with van der Waals surface area (Å²) in [5, 5.41) is 1.18. The van der Waals surface area contributed by atoms with Crippen LogP contribution in [0.3, 0.4) is 0 Å². The van der Waals surface area contributed by atoms with E-state index in [9.17, 15) is 13.2 Å². The van der Waals surface area contributed by atoms with Crippen LogP contribution in [0.5, 0.6) is 0 Å². The van der Waals surface area contributed by atoms with E-state index >= 15 is 0 Å². The molecule has 0 unspecified atom stereocenters. The number of hydrogen-bond donors (Lipinski definition) is 0. The highest BCUT2D eigenvalue weighted by Crippen LogP contribution is 2.41. The SMILES string of the molecule is O=C(N=C1S[C@H]2CS(=O)(=O)C[C@@H]2N1c1ccc(Cl)cc1)C1CCCCC1. The molecule has 4 rings (SSSR count). The van der Waals surface area contributed by atoms with Crippen molar-refractivity contribution in [1.82, 2.24) is 0 Å². The zero-order valence-corrected chi connectivity index (χ0v) is 16.7. The van der Waals surface area contributed by atoms with E-state index in [4.69, 9.17) is 11.6 Å². The van der Waals surface area contributed by atoms with Crippen molar-refractivity contribution < 1.29 is 13.2 Å². The fourth-order valence-corrected chi connectivity index (χ4v) is 8.05. The largest absolute Gasteiger partial charge is 0.316 e. The number of halogens is 1. The van der Waals surface area contributed by atoms with Gasteiger partial charge in [-0.05, 0) is 37.1 Å². The molecule has 1 aromatic carbocycles. The number of benzene rings is 1. The van der Waals surface area contributed by atoms with E-state index in [1.54, 1.807) is 12.1 Å². The lowest BCUT2D eigenvalue weighted by atomic mass is 9.89. The molecule has 0 radical (unpaired) electrons. The number of sulfone groups is 1. The smallest absolute Gasteiger partial charge is 0.251 e. The first-order chi connectivity index (χ1) is 12.4. The Labute approximate surface area is 163 Å². The Morgan fingerprint density at radius 3 is 2.50 bits per heavy atom. The Bertz CT molecular complexity index is 832. The minimum atomic E-state index is -3.06. The molecule has 5 nitrogen and oxygen atoms in total. The topological polar surface area (TPSA) is 66.8 Å². The highest BCUT2D eigenvalue weighted by Gasteiger charge is 2.49. The molecule has 0 N–H and O–H groups in total. The van der Waals surface area contributed by atoms with Crippen molar-refractivity contribution in [1.29, 1.82) is 0 Å². The normalized spacial score (nSPS) is 29.9. The molecule has 3 fully saturated rings. The van der Waals surface area contributed by atoms with Crippen molar-refractivity contribution in [3.05, 3.63) is 29.3 Å². The molecule has 2 saturated heterocycles. The number of hydrogen-bond acceptors (Lipinski definition) is 4. The zero-order chi connectivity index (χ0) is 18.3. The lowest BCUT2D eigenvalue weighted by Crippen LogP contribution is -2.38. The predicted octanol–water partition coefficient (Wildman–Crippen LogP) is 3.52. The van der Waals surface area contributed by atoms with Crippen LogP contribution in [0.2, 0.25) is 5.02 Å². The van der Waals surface area contributed by atoms with Gasteiger partial charge in [-0.2, -0.15) is 4.99 Å². The fourth-order valence-electron chi connectivity index (χ4n) is 4.00. The summed E-state index contributed by atoms with van der Waals surface area (Å²) in [7, 11) is -3.06. The standard InChI is InChI=1S/C18H21ClN2O3S2/c19-13-6-8-14(9-7-13)21-15-10-26(23,24)11-16(15)25-18(21)20-17(22)12-4-2-1-3-5-12/h6-9,12,15-16H,1-5,10-11H2/t15-,16-/m0/s1. The number of rotatable bonds is 2. The van der Waals surface area contributed by atoms with Gasteiger partial charge in [0, 0.05) is 21.9 Å². The highest BCUT2D eigenvalue weighted by molar-refractivity contribution is 8.16. The molecule has 1 saturated carbocycles. The summed E-state index contributed by atoms with van der Waals surface area (Å²) in [6.07, 6.45) is 5.16. The number of carbonyl (C=O) groups is 1. The molecule has 2 aliphatic heterocycles. The molecule has 1 aromatic rings. The summed E-state index contributed by atoms with van der Waals surface area (Å²) in [4.78, 5) is 19.0. The molecule has 26 heavy (non-hydrogen) atoms. The highest BCUT2D eigenvalue weighted by atomic mass is 35.5. The monoisotopic (exact) mass is 412 g/mol. The molecule has 0 aromatic heterocycles. The number of amides is 1. The molecule has 140 valence electrons. The lowest BCUT2D eigenvalue weighted by molar-refractivity contribution is -0.122. The summed E-state index contributed by atoms with van der Waals surface area (Å²) in [6.45, 7) is 0. The quantitative estimate of drug-likeness (QED) is 0.743. The second-order valence-corrected chi connectivity index (χ2v) is 11.0. The number of thioether (sulfide) groups is 1. The molecule has 0 bridgehead atoms. The van der Waals surface area contributed by atoms with Crippen LogP contribution in [0, 0.1) is 5.92 Å². The van der Waals surface area contributed by atoms with Crippen molar-refractivity contribution in [3.8, 4) is 0 Å². The minimum Gasteiger partial charge on any atom is -0.316 e. The van der Waals surface area contributed by atoms with Crippen molar-refractivity contribution in [2.24, 2.45) is 10.9 Å². The summed E-state index contributed by atoms with van der Waals surface area (Å²) >= 11 is 7.42. The average Bonchev–Trinajstić information content (AvgIpc) is 3.07. The Morgan fingerprint density at radius 1 is 1.12 bits per heavy atom. The van der Waals surface area contributed by atoms with Crippen LogP contribution in [0.1, 0.15) is 32.1 Å². The molecular formula is C18H21ClN2O3S2. The summed E-state index contributed by atoms with van der Waals surface area (Å²) in [6, 6.07) is 7.09. The van der Waals surface area contributed by atoms with Gasteiger partial charge in [0.2, 0.25) is 0 Å². The number of anilines is 1. The first-order valence-corrected chi connectivity index (χ1v) is 12.1. The Hall–Kier alpha value is -1.05. The van der Waals surface area contributed by atoms with E-state index in [0.717, 1.165) is 31.4 Å². The van der Waals surface area contributed by atoms with Crippen LogP contribution in [0.15, 0.2) is 29.3 Å². The van der Waals surface area contributed by atoms with Crippen LogP contribution in [-0.2, 0) is 14.6 Å². The third-order valence-electron chi connectivity index (χ3n) is 5.33. The molecule has 1 aliphatic carbocycles. The third-order valence-corrected chi connectivity index (χ3v) is 8.79. The molecule has 1 amide bonds. The van der Waals surface area contributed by atoms with Gasteiger partial charge in [0.25, 0.3) is 5.91 Å².